The Bertz CT molecular complexity index is 845. The van der Waals surface area contributed by atoms with Crippen LogP contribution in [0.15, 0.2) is 23.1 Å². The SMILES string of the molecule is CC1CN(CCCNc2ccc(S(=O)(=O)N3CCCCCC3)cc2[N+](=O)[O-])CC(C)O1. The van der Waals surface area contributed by atoms with Gasteiger partial charge in [0.1, 0.15) is 5.69 Å². The highest BCUT2D eigenvalue weighted by Crippen LogP contribution is 2.30. The van der Waals surface area contributed by atoms with Crippen LogP contribution in [0.4, 0.5) is 11.4 Å². The van der Waals surface area contributed by atoms with E-state index in [2.05, 4.69) is 24.1 Å². The van der Waals surface area contributed by atoms with E-state index in [0.29, 0.717) is 25.3 Å². The third kappa shape index (κ3) is 6.38. The molecule has 2 heterocycles. The van der Waals surface area contributed by atoms with Gasteiger partial charge in [0, 0.05) is 45.3 Å². The van der Waals surface area contributed by atoms with Crippen molar-refractivity contribution in [3.8, 4) is 0 Å². The van der Waals surface area contributed by atoms with Crippen molar-refractivity contribution < 1.29 is 18.1 Å². The first kappa shape index (κ1) is 23.9. The monoisotopic (exact) mass is 454 g/mol. The first-order valence-electron chi connectivity index (χ1n) is 11.2. The van der Waals surface area contributed by atoms with Crippen LogP contribution in [0.3, 0.4) is 0 Å². The van der Waals surface area contributed by atoms with Crippen LogP contribution in [-0.4, -0.2) is 74.0 Å². The smallest absolute Gasteiger partial charge is 0.293 e. The first-order valence-corrected chi connectivity index (χ1v) is 12.6. The lowest BCUT2D eigenvalue weighted by atomic mass is 10.2. The Kier molecular flexibility index (Phi) is 8.26. The number of nitrogens with zero attached hydrogens (tertiary/aromatic N) is 3. The highest BCUT2D eigenvalue weighted by Gasteiger charge is 2.28. The zero-order valence-electron chi connectivity index (χ0n) is 18.5. The van der Waals surface area contributed by atoms with E-state index in [1.165, 1.54) is 22.5 Å². The number of ether oxygens (including phenoxy) is 1. The molecule has 10 heteroatoms. The van der Waals surface area contributed by atoms with Crippen molar-refractivity contribution in [1.82, 2.24) is 9.21 Å². The van der Waals surface area contributed by atoms with Crippen LogP contribution < -0.4 is 5.32 Å². The maximum atomic E-state index is 13.0. The lowest BCUT2D eigenvalue weighted by Gasteiger charge is -2.35. The van der Waals surface area contributed by atoms with Crippen molar-refractivity contribution in [1.29, 1.82) is 0 Å². The van der Waals surface area contributed by atoms with Crippen LogP contribution >= 0.6 is 0 Å². The van der Waals surface area contributed by atoms with Crippen LogP contribution in [0.25, 0.3) is 0 Å². The van der Waals surface area contributed by atoms with Gasteiger partial charge in [0.15, 0.2) is 0 Å². The largest absolute Gasteiger partial charge is 0.379 e. The summed E-state index contributed by atoms with van der Waals surface area (Å²) in [6, 6.07) is 4.18. The van der Waals surface area contributed by atoms with Gasteiger partial charge in [-0.3, -0.25) is 15.0 Å². The third-order valence-corrected chi connectivity index (χ3v) is 7.73. The molecule has 0 spiro atoms. The fraction of sp³-hybridized carbons (Fsp3) is 0.714. The lowest BCUT2D eigenvalue weighted by molar-refractivity contribution is -0.384. The number of rotatable bonds is 8. The molecule has 0 saturated carbocycles. The molecule has 3 rings (SSSR count). The number of benzene rings is 1. The van der Waals surface area contributed by atoms with Gasteiger partial charge < -0.3 is 10.1 Å². The molecule has 0 amide bonds. The maximum Gasteiger partial charge on any atom is 0.293 e. The Morgan fingerprint density at radius 3 is 2.39 bits per heavy atom. The van der Waals surface area contributed by atoms with E-state index in [9.17, 15) is 18.5 Å². The number of hydrogen-bond donors (Lipinski definition) is 1. The molecule has 0 radical (unpaired) electrons. The van der Waals surface area contributed by atoms with E-state index < -0.39 is 14.9 Å². The molecular weight excluding hydrogens is 420 g/mol. The van der Waals surface area contributed by atoms with E-state index in [4.69, 9.17) is 4.74 Å². The second kappa shape index (κ2) is 10.7. The second-order valence-electron chi connectivity index (χ2n) is 8.55. The Balaban J connectivity index is 1.63. The van der Waals surface area contributed by atoms with Gasteiger partial charge in [-0.25, -0.2) is 8.42 Å². The van der Waals surface area contributed by atoms with Gasteiger partial charge in [-0.15, -0.1) is 0 Å². The molecule has 2 aliphatic heterocycles. The molecule has 2 atom stereocenters. The lowest BCUT2D eigenvalue weighted by Crippen LogP contribution is -2.45. The summed E-state index contributed by atoms with van der Waals surface area (Å²) in [5.41, 5.74) is 0.146. The predicted octanol–water partition coefficient (Wildman–Crippen LogP) is 3.07. The quantitative estimate of drug-likeness (QED) is 0.366. The number of hydrogen-bond acceptors (Lipinski definition) is 7. The Morgan fingerprint density at radius 1 is 1.13 bits per heavy atom. The summed E-state index contributed by atoms with van der Waals surface area (Å²) < 4.78 is 33.2. The van der Waals surface area contributed by atoms with Gasteiger partial charge in [0.25, 0.3) is 5.69 Å². The van der Waals surface area contributed by atoms with E-state index in [0.717, 1.165) is 51.7 Å². The zero-order valence-corrected chi connectivity index (χ0v) is 19.3. The molecular formula is C21H34N4O5S. The molecule has 2 saturated heterocycles. The summed E-state index contributed by atoms with van der Waals surface area (Å²) in [6.07, 6.45) is 4.90. The van der Waals surface area contributed by atoms with Gasteiger partial charge in [-0.05, 0) is 45.2 Å². The van der Waals surface area contributed by atoms with Crippen molar-refractivity contribution in [2.75, 3.05) is 44.6 Å². The number of nitro benzene ring substituents is 1. The van der Waals surface area contributed by atoms with Gasteiger partial charge >= 0.3 is 0 Å². The number of nitro groups is 1. The van der Waals surface area contributed by atoms with E-state index in [-0.39, 0.29) is 22.8 Å². The minimum Gasteiger partial charge on any atom is -0.379 e. The minimum atomic E-state index is -3.73. The van der Waals surface area contributed by atoms with Gasteiger partial charge in [0.2, 0.25) is 10.0 Å². The highest BCUT2D eigenvalue weighted by atomic mass is 32.2. The molecule has 0 aromatic heterocycles. The van der Waals surface area contributed by atoms with Crippen molar-refractivity contribution in [2.45, 2.75) is 63.1 Å². The van der Waals surface area contributed by atoms with E-state index in [1.54, 1.807) is 0 Å². The molecule has 2 fully saturated rings. The number of morpholine rings is 1. The summed E-state index contributed by atoms with van der Waals surface area (Å²) in [7, 11) is -3.73. The average Bonchev–Trinajstić information content (AvgIpc) is 3.00. The molecule has 9 nitrogen and oxygen atoms in total. The molecule has 31 heavy (non-hydrogen) atoms. The molecule has 0 bridgehead atoms. The fourth-order valence-electron chi connectivity index (χ4n) is 4.40. The standard InChI is InChI=1S/C21H34N4O5S/c1-17-15-23(16-18(2)30-17)11-7-10-22-20-9-8-19(14-21(20)25(26)27)31(28,29)24-12-5-3-4-6-13-24/h8-9,14,17-18,22H,3-7,10-13,15-16H2,1-2H3. The summed E-state index contributed by atoms with van der Waals surface area (Å²) in [4.78, 5) is 13.4. The topological polar surface area (TPSA) is 105 Å². The van der Waals surface area contributed by atoms with Crippen molar-refractivity contribution in [3.05, 3.63) is 28.3 Å². The van der Waals surface area contributed by atoms with Gasteiger partial charge in [0.05, 0.1) is 22.0 Å². The summed E-state index contributed by atoms with van der Waals surface area (Å²) >= 11 is 0. The average molecular weight is 455 g/mol. The fourth-order valence-corrected chi connectivity index (χ4v) is 5.93. The summed E-state index contributed by atoms with van der Waals surface area (Å²) in [6.45, 7) is 8.27. The van der Waals surface area contributed by atoms with E-state index >= 15 is 0 Å². The zero-order chi connectivity index (χ0) is 22.4. The van der Waals surface area contributed by atoms with Gasteiger partial charge in [-0.2, -0.15) is 4.31 Å². The number of anilines is 1. The first-order chi connectivity index (χ1) is 14.8. The van der Waals surface area contributed by atoms with Crippen LogP contribution in [0.2, 0.25) is 0 Å². The van der Waals surface area contributed by atoms with Crippen LogP contribution in [0.5, 0.6) is 0 Å². The van der Waals surface area contributed by atoms with E-state index in [1.807, 2.05) is 0 Å². The normalized spacial score (nSPS) is 23.9. The minimum absolute atomic E-state index is 0.0112. The molecule has 2 unspecified atom stereocenters. The summed E-state index contributed by atoms with van der Waals surface area (Å²) in [5, 5.41) is 14.7. The van der Waals surface area contributed by atoms with Gasteiger partial charge in [-0.1, -0.05) is 12.8 Å². The molecule has 174 valence electrons. The second-order valence-corrected chi connectivity index (χ2v) is 10.5. The molecule has 1 N–H and O–H groups in total. The van der Waals surface area contributed by atoms with Crippen LogP contribution in [-0.2, 0) is 14.8 Å². The Hall–Kier alpha value is -1.75. The van der Waals surface area contributed by atoms with Crippen LogP contribution in [0.1, 0.15) is 46.0 Å². The molecule has 1 aromatic carbocycles. The molecule has 2 aliphatic rings. The van der Waals surface area contributed by atoms with Crippen molar-refractivity contribution in [3.63, 3.8) is 0 Å². The predicted molar refractivity (Wildman–Crippen MR) is 120 cm³/mol. The van der Waals surface area contributed by atoms with Crippen molar-refractivity contribution in [2.24, 2.45) is 0 Å². The highest BCUT2D eigenvalue weighted by molar-refractivity contribution is 7.89. The maximum absolute atomic E-state index is 13.0. The third-order valence-electron chi connectivity index (χ3n) is 5.83. The number of nitrogens with one attached hydrogen (secondary N) is 1. The summed E-state index contributed by atoms with van der Waals surface area (Å²) in [5.74, 6) is 0. The van der Waals surface area contributed by atoms with Crippen molar-refractivity contribution >= 4 is 21.4 Å². The molecule has 1 aromatic rings. The number of sulfonamides is 1. The Morgan fingerprint density at radius 2 is 1.77 bits per heavy atom. The molecule has 0 aliphatic carbocycles. The van der Waals surface area contributed by atoms with Crippen LogP contribution in [0, 0.1) is 10.1 Å². The Labute approximate surface area is 184 Å².